The monoisotopic (exact) mass is 635 g/mol. The number of hydrogen-bond acceptors (Lipinski definition) is 6. The smallest absolute Gasteiger partial charge is 0.268 e. The second-order valence-corrected chi connectivity index (χ2v) is 15.0. The number of hydrogen-bond donors (Lipinski definition) is 2. The Morgan fingerprint density at radius 3 is 1.58 bits per heavy atom. The van der Waals surface area contributed by atoms with Gasteiger partial charge in [-0.2, -0.15) is 0 Å². The van der Waals surface area contributed by atoms with Crippen LogP contribution < -0.4 is 10.2 Å². The SMILES string of the molecule is CCCCCCCCCCCCCCC(=O)NC(COP(=O)([O-])OCC[N+](C)(C)C)C(O)CCCCCCCCCCC. The summed E-state index contributed by atoms with van der Waals surface area (Å²) in [5.74, 6) is -0.168. The molecule has 8 nitrogen and oxygen atoms in total. The maximum absolute atomic E-state index is 12.7. The van der Waals surface area contributed by atoms with Gasteiger partial charge < -0.3 is 28.8 Å². The van der Waals surface area contributed by atoms with Gasteiger partial charge in [0.05, 0.1) is 39.9 Å². The molecule has 3 unspecified atom stereocenters. The minimum Gasteiger partial charge on any atom is -0.756 e. The zero-order valence-electron chi connectivity index (χ0n) is 28.9. The molecular formula is C34H71N2O6P. The number of nitrogens with one attached hydrogen (secondary N) is 1. The first-order chi connectivity index (χ1) is 20.5. The molecule has 9 heteroatoms. The van der Waals surface area contributed by atoms with Gasteiger partial charge in [0.25, 0.3) is 7.82 Å². The van der Waals surface area contributed by atoms with Gasteiger partial charge in [-0.25, -0.2) is 0 Å². The van der Waals surface area contributed by atoms with E-state index in [1.165, 1.54) is 96.3 Å². The Bertz CT molecular complexity index is 688. The molecule has 0 bridgehead atoms. The van der Waals surface area contributed by atoms with Crippen LogP contribution in [0.25, 0.3) is 0 Å². The van der Waals surface area contributed by atoms with Crippen molar-refractivity contribution in [3.8, 4) is 0 Å². The lowest BCUT2D eigenvalue weighted by Crippen LogP contribution is -2.46. The van der Waals surface area contributed by atoms with Gasteiger partial charge in [-0.15, -0.1) is 0 Å². The molecule has 0 spiro atoms. The Morgan fingerprint density at radius 2 is 1.14 bits per heavy atom. The minimum atomic E-state index is -4.54. The lowest BCUT2D eigenvalue weighted by Gasteiger charge is -2.30. The van der Waals surface area contributed by atoms with E-state index < -0.39 is 20.0 Å². The molecule has 0 heterocycles. The van der Waals surface area contributed by atoms with Crippen LogP contribution in [0.3, 0.4) is 0 Å². The van der Waals surface area contributed by atoms with Crippen molar-refractivity contribution in [2.45, 2.75) is 174 Å². The Morgan fingerprint density at radius 1 is 0.721 bits per heavy atom. The van der Waals surface area contributed by atoms with Gasteiger partial charge in [-0.1, -0.05) is 142 Å². The quantitative estimate of drug-likeness (QED) is 0.0440. The van der Waals surface area contributed by atoms with Crippen molar-refractivity contribution >= 4 is 13.7 Å². The molecule has 0 aromatic heterocycles. The second kappa shape index (κ2) is 27.8. The van der Waals surface area contributed by atoms with Crippen LogP contribution in [-0.4, -0.2) is 68.5 Å². The molecule has 3 atom stereocenters. The van der Waals surface area contributed by atoms with Gasteiger partial charge in [0.2, 0.25) is 5.91 Å². The summed E-state index contributed by atoms with van der Waals surface area (Å²) in [6, 6.07) is -0.789. The lowest BCUT2D eigenvalue weighted by molar-refractivity contribution is -0.870. The van der Waals surface area contributed by atoms with Crippen LogP contribution in [0.2, 0.25) is 0 Å². The average molecular weight is 635 g/mol. The van der Waals surface area contributed by atoms with E-state index in [4.69, 9.17) is 9.05 Å². The first kappa shape index (κ1) is 42.5. The van der Waals surface area contributed by atoms with Gasteiger partial charge in [0.1, 0.15) is 13.2 Å². The van der Waals surface area contributed by atoms with E-state index in [9.17, 15) is 19.4 Å². The van der Waals surface area contributed by atoms with Crippen molar-refractivity contribution in [3.05, 3.63) is 0 Å². The van der Waals surface area contributed by atoms with E-state index in [2.05, 4.69) is 19.2 Å². The molecule has 1 amide bonds. The molecule has 0 rings (SSSR count). The minimum absolute atomic E-state index is 0.0151. The number of aliphatic hydroxyl groups is 1. The fraction of sp³-hybridized carbons (Fsp3) is 0.971. The van der Waals surface area contributed by atoms with Crippen molar-refractivity contribution in [1.29, 1.82) is 0 Å². The number of carbonyl (C=O) groups excluding carboxylic acids is 1. The summed E-state index contributed by atoms with van der Waals surface area (Å²) in [7, 11) is 1.31. The molecule has 0 aromatic carbocycles. The molecule has 0 aliphatic rings. The average Bonchev–Trinajstić information content (AvgIpc) is 2.94. The summed E-state index contributed by atoms with van der Waals surface area (Å²) < 4.78 is 23.1. The number of phosphoric ester groups is 1. The molecular weight excluding hydrogens is 563 g/mol. The van der Waals surface area contributed by atoms with Crippen molar-refractivity contribution in [2.75, 3.05) is 40.9 Å². The van der Waals surface area contributed by atoms with Crippen LogP contribution in [0.15, 0.2) is 0 Å². The van der Waals surface area contributed by atoms with Crippen LogP contribution in [-0.2, 0) is 18.4 Å². The number of rotatable bonds is 32. The van der Waals surface area contributed by atoms with Crippen LogP contribution in [0.4, 0.5) is 0 Å². The number of phosphoric acid groups is 1. The third kappa shape index (κ3) is 29.9. The lowest BCUT2D eigenvalue weighted by atomic mass is 10.0. The molecule has 0 saturated carbocycles. The van der Waals surface area contributed by atoms with E-state index in [-0.39, 0.29) is 19.1 Å². The predicted molar refractivity (Wildman–Crippen MR) is 178 cm³/mol. The molecule has 0 fully saturated rings. The highest BCUT2D eigenvalue weighted by Gasteiger charge is 2.24. The third-order valence-corrected chi connectivity index (χ3v) is 9.06. The third-order valence-electron chi connectivity index (χ3n) is 8.10. The summed E-state index contributed by atoms with van der Waals surface area (Å²) in [5, 5.41) is 13.7. The summed E-state index contributed by atoms with van der Waals surface area (Å²) in [4.78, 5) is 25.0. The first-order valence-corrected chi connectivity index (χ1v) is 19.3. The Balaban J connectivity index is 4.48. The molecule has 2 N–H and O–H groups in total. The van der Waals surface area contributed by atoms with Gasteiger partial charge in [0.15, 0.2) is 0 Å². The summed E-state index contributed by atoms with van der Waals surface area (Å²) in [6.45, 7) is 4.67. The number of amides is 1. The molecule has 0 radical (unpaired) electrons. The molecule has 0 aliphatic carbocycles. The van der Waals surface area contributed by atoms with Crippen molar-refractivity contribution in [3.63, 3.8) is 0 Å². The number of unbranched alkanes of at least 4 members (excludes halogenated alkanes) is 19. The number of nitrogens with zero attached hydrogens (tertiary/aromatic N) is 1. The number of quaternary nitrogens is 1. The highest BCUT2D eigenvalue weighted by Crippen LogP contribution is 2.38. The van der Waals surface area contributed by atoms with E-state index in [1.807, 2.05) is 21.1 Å². The van der Waals surface area contributed by atoms with Crippen LogP contribution in [0, 0.1) is 0 Å². The fourth-order valence-corrected chi connectivity index (χ4v) is 5.88. The van der Waals surface area contributed by atoms with E-state index in [0.717, 1.165) is 38.5 Å². The molecule has 43 heavy (non-hydrogen) atoms. The Labute approximate surface area is 266 Å². The summed E-state index contributed by atoms with van der Waals surface area (Å²) >= 11 is 0. The van der Waals surface area contributed by atoms with E-state index in [0.29, 0.717) is 23.9 Å². The van der Waals surface area contributed by atoms with Crippen molar-refractivity contribution in [1.82, 2.24) is 5.32 Å². The van der Waals surface area contributed by atoms with Gasteiger partial charge in [-0.05, 0) is 12.8 Å². The molecule has 0 aliphatic heterocycles. The van der Waals surface area contributed by atoms with Gasteiger partial charge in [-0.3, -0.25) is 9.36 Å². The molecule has 0 saturated heterocycles. The Hall–Kier alpha value is -0.500. The van der Waals surface area contributed by atoms with Crippen LogP contribution >= 0.6 is 7.82 Å². The maximum Gasteiger partial charge on any atom is 0.268 e. The Kier molecular flexibility index (Phi) is 27.5. The zero-order chi connectivity index (χ0) is 32.2. The zero-order valence-corrected chi connectivity index (χ0v) is 29.8. The highest BCUT2D eigenvalue weighted by atomic mass is 31.2. The molecule has 258 valence electrons. The summed E-state index contributed by atoms with van der Waals surface area (Å²) in [6.07, 6.45) is 25.3. The van der Waals surface area contributed by atoms with Crippen LogP contribution in [0.1, 0.15) is 162 Å². The van der Waals surface area contributed by atoms with Crippen LogP contribution in [0.5, 0.6) is 0 Å². The second-order valence-electron chi connectivity index (χ2n) is 13.6. The summed E-state index contributed by atoms with van der Waals surface area (Å²) in [5.41, 5.74) is 0. The van der Waals surface area contributed by atoms with Crippen molar-refractivity contribution in [2.24, 2.45) is 0 Å². The van der Waals surface area contributed by atoms with Gasteiger partial charge in [0, 0.05) is 6.42 Å². The largest absolute Gasteiger partial charge is 0.756 e. The van der Waals surface area contributed by atoms with E-state index >= 15 is 0 Å². The topological polar surface area (TPSA) is 108 Å². The molecule has 0 aromatic rings. The normalized spacial score (nSPS) is 14.9. The number of carbonyl (C=O) groups is 1. The van der Waals surface area contributed by atoms with Crippen molar-refractivity contribution < 1.29 is 32.9 Å². The van der Waals surface area contributed by atoms with Gasteiger partial charge >= 0.3 is 0 Å². The standard InChI is InChI=1S/C34H71N2O6P/c1-6-8-10-12-14-16-17-18-20-22-24-26-28-34(38)35-32(31-42-43(39,40)41-30-29-36(3,4)5)33(37)27-25-23-21-19-15-13-11-9-7-2/h32-33,37H,6-31H2,1-5H3,(H-,35,38,39,40). The number of likely N-dealkylation sites (N-methyl/N-ethyl adjacent to an activating group) is 1. The first-order valence-electron chi connectivity index (χ1n) is 17.9. The predicted octanol–water partition coefficient (Wildman–Crippen LogP) is 8.05. The van der Waals surface area contributed by atoms with E-state index in [1.54, 1.807) is 0 Å². The number of aliphatic hydroxyl groups excluding tert-OH is 1. The highest BCUT2D eigenvalue weighted by molar-refractivity contribution is 7.45. The fourth-order valence-electron chi connectivity index (χ4n) is 5.16. The maximum atomic E-state index is 12.7.